The molecule has 0 spiro atoms. The fourth-order valence-electron chi connectivity index (χ4n) is 2.89. The van der Waals surface area contributed by atoms with Crippen LogP contribution < -0.4 is 0 Å². The molecule has 6 heteroatoms. The van der Waals surface area contributed by atoms with E-state index >= 15 is 0 Å². The Labute approximate surface area is 143 Å². The fraction of sp³-hybridized carbons (Fsp3) is 0.765. The molecule has 5 nitrogen and oxygen atoms in total. The SMILES string of the molecule is COCCn1c(SCC(=O)N2CCCCCCC2)nc(C)c1C. The zero-order valence-corrected chi connectivity index (χ0v) is 15.5. The van der Waals surface area contributed by atoms with Gasteiger partial charge >= 0.3 is 0 Å². The van der Waals surface area contributed by atoms with Crippen LogP contribution in [0, 0.1) is 13.8 Å². The van der Waals surface area contributed by atoms with E-state index in [9.17, 15) is 4.79 Å². The molecule has 0 bridgehead atoms. The molecule has 2 rings (SSSR count). The smallest absolute Gasteiger partial charge is 0.233 e. The van der Waals surface area contributed by atoms with Crippen molar-refractivity contribution in [2.24, 2.45) is 0 Å². The lowest BCUT2D eigenvalue weighted by atomic mass is 10.1. The number of thioether (sulfide) groups is 1. The molecule has 1 aliphatic rings. The Morgan fingerprint density at radius 2 is 1.83 bits per heavy atom. The van der Waals surface area contributed by atoms with Crippen LogP contribution in [0.4, 0.5) is 0 Å². The Bertz CT molecular complexity index is 508. The summed E-state index contributed by atoms with van der Waals surface area (Å²) in [5.41, 5.74) is 2.19. The molecule has 1 aromatic rings. The second kappa shape index (κ2) is 9.33. The first-order valence-electron chi connectivity index (χ1n) is 8.56. The first kappa shape index (κ1) is 18.3. The molecule has 1 saturated heterocycles. The summed E-state index contributed by atoms with van der Waals surface area (Å²) in [6.45, 7) is 7.35. The van der Waals surface area contributed by atoms with Gasteiger partial charge in [0, 0.05) is 32.4 Å². The highest BCUT2D eigenvalue weighted by Crippen LogP contribution is 2.22. The molecule has 1 aliphatic heterocycles. The maximum Gasteiger partial charge on any atom is 0.233 e. The number of methoxy groups -OCH3 is 1. The van der Waals surface area contributed by atoms with Gasteiger partial charge in [0.25, 0.3) is 0 Å². The van der Waals surface area contributed by atoms with Crippen LogP contribution in [0.25, 0.3) is 0 Å². The van der Waals surface area contributed by atoms with Crippen LogP contribution in [0.15, 0.2) is 5.16 Å². The summed E-state index contributed by atoms with van der Waals surface area (Å²) in [6, 6.07) is 0. The second-order valence-corrected chi connectivity index (χ2v) is 7.09. The molecule has 0 saturated carbocycles. The molecule has 0 unspecified atom stereocenters. The summed E-state index contributed by atoms with van der Waals surface area (Å²) in [7, 11) is 1.71. The Hall–Kier alpha value is -1.01. The van der Waals surface area contributed by atoms with E-state index in [2.05, 4.69) is 16.5 Å². The quantitative estimate of drug-likeness (QED) is 0.748. The van der Waals surface area contributed by atoms with Crippen molar-refractivity contribution < 1.29 is 9.53 Å². The van der Waals surface area contributed by atoms with Gasteiger partial charge in [-0.15, -0.1) is 0 Å². The maximum absolute atomic E-state index is 12.5. The van der Waals surface area contributed by atoms with Crippen LogP contribution in [-0.2, 0) is 16.1 Å². The van der Waals surface area contributed by atoms with E-state index in [1.165, 1.54) is 19.3 Å². The summed E-state index contributed by atoms with van der Waals surface area (Å²) in [4.78, 5) is 19.1. The number of ether oxygens (including phenoxy) is 1. The predicted molar refractivity (Wildman–Crippen MR) is 94.0 cm³/mol. The van der Waals surface area contributed by atoms with Crippen molar-refractivity contribution in [2.75, 3.05) is 32.6 Å². The molecular weight excluding hydrogens is 310 g/mol. The van der Waals surface area contributed by atoms with Crippen molar-refractivity contribution in [2.45, 2.75) is 57.7 Å². The minimum absolute atomic E-state index is 0.244. The summed E-state index contributed by atoms with van der Waals surface area (Å²) in [5, 5.41) is 0.928. The summed E-state index contributed by atoms with van der Waals surface area (Å²) in [6.07, 6.45) is 6.08. The van der Waals surface area contributed by atoms with Gasteiger partial charge in [0.05, 0.1) is 18.1 Å². The number of carbonyl (C=O) groups is 1. The number of imidazole rings is 1. The van der Waals surface area contributed by atoms with Gasteiger partial charge in [-0.2, -0.15) is 0 Å². The summed E-state index contributed by atoms with van der Waals surface area (Å²) < 4.78 is 7.34. The highest BCUT2D eigenvalue weighted by atomic mass is 32.2. The molecule has 2 heterocycles. The Kier molecular flexibility index (Phi) is 7.43. The molecule has 23 heavy (non-hydrogen) atoms. The lowest BCUT2D eigenvalue weighted by Crippen LogP contribution is -2.35. The lowest BCUT2D eigenvalue weighted by Gasteiger charge is -2.24. The number of amides is 1. The van der Waals surface area contributed by atoms with Gasteiger partial charge in [-0.05, 0) is 26.7 Å². The topological polar surface area (TPSA) is 47.4 Å². The molecule has 130 valence electrons. The minimum Gasteiger partial charge on any atom is -0.383 e. The summed E-state index contributed by atoms with van der Waals surface area (Å²) in [5.74, 6) is 0.719. The second-order valence-electron chi connectivity index (χ2n) is 6.15. The molecule has 0 aromatic carbocycles. The zero-order valence-electron chi connectivity index (χ0n) is 14.6. The highest BCUT2D eigenvalue weighted by Gasteiger charge is 2.17. The Morgan fingerprint density at radius 1 is 1.17 bits per heavy atom. The third-order valence-corrected chi connectivity index (χ3v) is 5.44. The first-order valence-corrected chi connectivity index (χ1v) is 9.55. The highest BCUT2D eigenvalue weighted by molar-refractivity contribution is 7.99. The van der Waals surface area contributed by atoms with Gasteiger partial charge in [-0.3, -0.25) is 4.79 Å². The average Bonchev–Trinajstić information content (AvgIpc) is 2.77. The standard InChI is InChI=1S/C17H29N3O2S/c1-14-15(2)20(11-12-22-3)17(18-14)23-13-16(21)19-9-7-5-4-6-8-10-19/h4-13H2,1-3H3. The van der Waals surface area contributed by atoms with Crippen LogP contribution in [0.2, 0.25) is 0 Å². The van der Waals surface area contributed by atoms with Crippen LogP contribution in [-0.4, -0.2) is 52.9 Å². The molecule has 1 amide bonds. The zero-order chi connectivity index (χ0) is 16.7. The van der Waals surface area contributed by atoms with Crippen molar-refractivity contribution in [1.29, 1.82) is 0 Å². The molecule has 1 aromatic heterocycles. The maximum atomic E-state index is 12.5. The number of aromatic nitrogens is 2. The third-order valence-electron chi connectivity index (χ3n) is 4.48. The monoisotopic (exact) mass is 339 g/mol. The van der Waals surface area contributed by atoms with Crippen LogP contribution in [0.1, 0.15) is 43.5 Å². The number of likely N-dealkylation sites (tertiary alicyclic amines) is 1. The van der Waals surface area contributed by atoms with Gasteiger partial charge in [-0.25, -0.2) is 4.98 Å². The molecule has 0 aliphatic carbocycles. The van der Waals surface area contributed by atoms with Gasteiger partial charge in [0.15, 0.2) is 5.16 Å². The average molecular weight is 340 g/mol. The van der Waals surface area contributed by atoms with E-state index in [0.717, 1.165) is 49.0 Å². The minimum atomic E-state index is 0.244. The first-order chi connectivity index (χ1) is 11.1. The Morgan fingerprint density at radius 3 is 2.48 bits per heavy atom. The number of rotatable bonds is 6. The number of carbonyl (C=O) groups excluding carboxylic acids is 1. The van der Waals surface area contributed by atoms with E-state index in [1.54, 1.807) is 18.9 Å². The predicted octanol–water partition coefficient (Wildman–Crippen LogP) is 3.03. The van der Waals surface area contributed by atoms with E-state index in [0.29, 0.717) is 12.4 Å². The third kappa shape index (κ3) is 5.24. The lowest BCUT2D eigenvalue weighted by molar-refractivity contribution is -0.128. The van der Waals surface area contributed by atoms with Crippen LogP contribution in [0.3, 0.4) is 0 Å². The van der Waals surface area contributed by atoms with Crippen LogP contribution >= 0.6 is 11.8 Å². The number of aryl methyl sites for hydroxylation is 1. The van der Waals surface area contributed by atoms with Crippen molar-refractivity contribution in [1.82, 2.24) is 14.5 Å². The molecule has 0 atom stereocenters. The van der Waals surface area contributed by atoms with Crippen LogP contribution in [0.5, 0.6) is 0 Å². The molecule has 0 radical (unpaired) electrons. The van der Waals surface area contributed by atoms with Gasteiger partial charge in [-0.1, -0.05) is 31.0 Å². The molecular formula is C17H29N3O2S. The van der Waals surface area contributed by atoms with Crippen molar-refractivity contribution in [3.05, 3.63) is 11.4 Å². The number of hydrogen-bond acceptors (Lipinski definition) is 4. The fourth-order valence-corrected chi connectivity index (χ4v) is 3.91. The Balaban J connectivity index is 1.93. The van der Waals surface area contributed by atoms with Crippen molar-refractivity contribution in [3.63, 3.8) is 0 Å². The normalized spacial score (nSPS) is 16.2. The van der Waals surface area contributed by atoms with Gasteiger partial charge in [0.1, 0.15) is 0 Å². The van der Waals surface area contributed by atoms with Crippen molar-refractivity contribution in [3.8, 4) is 0 Å². The summed E-state index contributed by atoms with van der Waals surface area (Å²) >= 11 is 1.55. The van der Waals surface area contributed by atoms with Crippen molar-refractivity contribution >= 4 is 17.7 Å². The number of hydrogen-bond donors (Lipinski definition) is 0. The van der Waals surface area contributed by atoms with E-state index in [-0.39, 0.29) is 5.91 Å². The van der Waals surface area contributed by atoms with Gasteiger partial charge < -0.3 is 14.2 Å². The number of nitrogens with zero attached hydrogens (tertiary/aromatic N) is 3. The van der Waals surface area contributed by atoms with E-state index < -0.39 is 0 Å². The van der Waals surface area contributed by atoms with Gasteiger partial charge in [0.2, 0.25) is 5.91 Å². The largest absolute Gasteiger partial charge is 0.383 e. The van der Waals surface area contributed by atoms with E-state index in [1.807, 2.05) is 11.8 Å². The molecule has 0 N–H and O–H groups in total. The molecule has 1 fully saturated rings. The van der Waals surface area contributed by atoms with E-state index in [4.69, 9.17) is 4.74 Å².